The van der Waals surface area contributed by atoms with Crippen LogP contribution in [0.15, 0.2) is 30.6 Å². The number of aromatic nitrogens is 2. The molecule has 19 heavy (non-hydrogen) atoms. The number of benzene rings is 1. The number of hydrogen-bond donors (Lipinski definition) is 1. The van der Waals surface area contributed by atoms with E-state index < -0.39 is 0 Å². The molecule has 0 saturated heterocycles. The molecule has 0 amide bonds. The van der Waals surface area contributed by atoms with Crippen molar-refractivity contribution in [3.8, 4) is 0 Å². The number of nitrogens with one attached hydrogen (secondary N) is 1. The summed E-state index contributed by atoms with van der Waals surface area (Å²) in [6, 6.07) is 5.96. The lowest BCUT2D eigenvalue weighted by molar-refractivity contribution is 0.596. The van der Waals surface area contributed by atoms with Crippen LogP contribution < -0.4 is 5.32 Å². The molecule has 1 aromatic carbocycles. The summed E-state index contributed by atoms with van der Waals surface area (Å²) in [7, 11) is 0. The summed E-state index contributed by atoms with van der Waals surface area (Å²) in [6.07, 6.45) is 3.95. The van der Waals surface area contributed by atoms with Gasteiger partial charge in [0.25, 0.3) is 0 Å². The zero-order chi connectivity index (χ0) is 13.8. The number of hydrogen-bond acceptors (Lipinski definition) is 2. The molecule has 102 valence electrons. The molecule has 1 heterocycles. The highest BCUT2D eigenvalue weighted by molar-refractivity contribution is 6.42. The van der Waals surface area contributed by atoms with E-state index >= 15 is 0 Å². The zero-order valence-electron chi connectivity index (χ0n) is 11.0. The SMILES string of the molecule is CCNC(C)c1cnn(Cc2ccc(Cl)c(Cl)c2)c1. The first-order chi connectivity index (χ1) is 9.10. The summed E-state index contributed by atoms with van der Waals surface area (Å²) in [5.74, 6) is 0. The molecular weight excluding hydrogens is 281 g/mol. The zero-order valence-corrected chi connectivity index (χ0v) is 12.5. The van der Waals surface area contributed by atoms with Crippen molar-refractivity contribution in [3.63, 3.8) is 0 Å². The smallest absolute Gasteiger partial charge is 0.0660 e. The minimum Gasteiger partial charge on any atom is -0.310 e. The van der Waals surface area contributed by atoms with Crippen LogP contribution in [0.1, 0.15) is 31.0 Å². The summed E-state index contributed by atoms with van der Waals surface area (Å²) >= 11 is 11.9. The lowest BCUT2D eigenvalue weighted by atomic mass is 10.2. The second kappa shape index (κ2) is 6.42. The second-order valence-electron chi connectivity index (χ2n) is 4.50. The van der Waals surface area contributed by atoms with Crippen LogP contribution in [0.4, 0.5) is 0 Å². The minimum absolute atomic E-state index is 0.313. The molecule has 1 N–H and O–H groups in total. The lowest BCUT2D eigenvalue weighted by Crippen LogP contribution is -2.17. The maximum atomic E-state index is 6.01. The standard InChI is InChI=1S/C14H17Cl2N3/c1-3-17-10(2)12-7-18-19(9-12)8-11-4-5-13(15)14(16)6-11/h4-7,9-10,17H,3,8H2,1-2H3. The van der Waals surface area contributed by atoms with Gasteiger partial charge in [0, 0.05) is 17.8 Å². The summed E-state index contributed by atoms with van der Waals surface area (Å²) < 4.78 is 1.91. The van der Waals surface area contributed by atoms with Crippen LogP contribution in [0.2, 0.25) is 10.0 Å². The van der Waals surface area contributed by atoms with Crippen LogP contribution in [0.5, 0.6) is 0 Å². The molecule has 1 unspecified atom stereocenters. The average Bonchev–Trinajstić information content (AvgIpc) is 2.83. The Morgan fingerprint density at radius 3 is 2.79 bits per heavy atom. The molecule has 0 radical (unpaired) electrons. The third kappa shape index (κ3) is 3.72. The third-order valence-corrected chi connectivity index (χ3v) is 3.73. The molecule has 0 aliphatic carbocycles. The first-order valence-electron chi connectivity index (χ1n) is 6.29. The Morgan fingerprint density at radius 1 is 1.32 bits per heavy atom. The summed E-state index contributed by atoms with van der Waals surface area (Å²) in [6.45, 7) is 5.86. The highest BCUT2D eigenvalue weighted by atomic mass is 35.5. The Labute approximate surface area is 123 Å². The van der Waals surface area contributed by atoms with Gasteiger partial charge in [0.2, 0.25) is 0 Å². The molecule has 0 aliphatic rings. The van der Waals surface area contributed by atoms with Gasteiger partial charge in [0.1, 0.15) is 0 Å². The third-order valence-electron chi connectivity index (χ3n) is 2.99. The van der Waals surface area contributed by atoms with Gasteiger partial charge in [-0.3, -0.25) is 4.68 Å². The Morgan fingerprint density at radius 2 is 2.11 bits per heavy atom. The fourth-order valence-corrected chi connectivity index (χ4v) is 2.26. The monoisotopic (exact) mass is 297 g/mol. The molecule has 1 atom stereocenters. The van der Waals surface area contributed by atoms with E-state index in [-0.39, 0.29) is 0 Å². The van der Waals surface area contributed by atoms with Crippen LogP contribution in [-0.2, 0) is 6.54 Å². The van der Waals surface area contributed by atoms with Gasteiger partial charge in [0.05, 0.1) is 22.8 Å². The lowest BCUT2D eigenvalue weighted by Gasteiger charge is -2.09. The average molecular weight is 298 g/mol. The van der Waals surface area contributed by atoms with Crippen molar-refractivity contribution in [1.82, 2.24) is 15.1 Å². The fraction of sp³-hybridized carbons (Fsp3) is 0.357. The highest BCUT2D eigenvalue weighted by Crippen LogP contribution is 2.23. The minimum atomic E-state index is 0.313. The maximum Gasteiger partial charge on any atom is 0.0660 e. The highest BCUT2D eigenvalue weighted by Gasteiger charge is 2.07. The molecule has 0 aliphatic heterocycles. The van der Waals surface area contributed by atoms with Crippen molar-refractivity contribution < 1.29 is 0 Å². The Bertz CT molecular complexity index is 551. The molecular formula is C14H17Cl2N3. The van der Waals surface area contributed by atoms with Gasteiger partial charge in [-0.1, -0.05) is 36.2 Å². The van der Waals surface area contributed by atoms with Gasteiger partial charge in [-0.25, -0.2) is 0 Å². The van der Waals surface area contributed by atoms with E-state index in [1.807, 2.05) is 29.1 Å². The van der Waals surface area contributed by atoms with Crippen LogP contribution in [-0.4, -0.2) is 16.3 Å². The first kappa shape index (κ1) is 14.4. The Hall–Kier alpha value is -1.03. The van der Waals surface area contributed by atoms with Crippen molar-refractivity contribution in [2.24, 2.45) is 0 Å². The van der Waals surface area contributed by atoms with Crippen molar-refractivity contribution in [1.29, 1.82) is 0 Å². The Balaban J connectivity index is 2.09. The number of nitrogens with zero attached hydrogens (tertiary/aromatic N) is 2. The summed E-state index contributed by atoms with van der Waals surface area (Å²) in [5.41, 5.74) is 2.27. The molecule has 0 saturated carbocycles. The number of rotatable bonds is 5. The second-order valence-corrected chi connectivity index (χ2v) is 5.31. The molecule has 0 spiro atoms. The largest absolute Gasteiger partial charge is 0.310 e. The summed E-state index contributed by atoms with van der Waals surface area (Å²) in [4.78, 5) is 0. The van der Waals surface area contributed by atoms with Crippen LogP contribution >= 0.6 is 23.2 Å². The Kier molecular flexibility index (Phi) is 4.86. The van der Waals surface area contributed by atoms with Crippen LogP contribution in [0.25, 0.3) is 0 Å². The van der Waals surface area contributed by atoms with E-state index in [4.69, 9.17) is 23.2 Å². The van der Waals surface area contributed by atoms with E-state index in [0.717, 1.165) is 12.1 Å². The van der Waals surface area contributed by atoms with Gasteiger partial charge in [-0.15, -0.1) is 0 Å². The van der Waals surface area contributed by atoms with E-state index in [1.54, 1.807) is 0 Å². The molecule has 2 rings (SSSR count). The maximum absolute atomic E-state index is 6.01. The topological polar surface area (TPSA) is 29.9 Å². The van der Waals surface area contributed by atoms with Gasteiger partial charge < -0.3 is 5.32 Å². The molecule has 1 aromatic heterocycles. The van der Waals surface area contributed by atoms with Gasteiger partial charge in [-0.2, -0.15) is 5.10 Å². The molecule has 5 heteroatoms. The first-order valence-corrected chi connectivity index (χ1v) is 7.05. The van der Waals surface area contributed by atoms with E-state index in [9.17, 15) is 0 Å². The van der Waals surface area contributed by atoms with Gasteiger partial charge in [-0.05, 0) is 31.2 Å². The van der Waals surface area contributed by atoms with E-state index in [2.05, 4.69) is 30.5 Å². The molecule has 3 nitrogen and oxygen atoms in total. The molecule has 0 fully saturated rings. The van der Waals surface area contributed by atoms with Crippen LogP contribution in [0.3, 0.4) is 0 Å². The van der Waals surface area contributed by atoms with Crippen molar-refractivity contribution in [3.05, 3.63) is 51.8 Å². The predicted molar refractivity (Wildman–Crippen MR) is 79.9 cm³/mol. The normalized spacial score (nSPS) is 12.6. The number of halogens is 2. The molecule has 2 aromatic rings. The molecule has 0 bridgehead atoms. The van der Waals surface area contributed by atoms with E-state index in [0.29, 0.717) is 22.6 Å². The quantitative estimate of drug-likeness (QED) is 0.907. The van der Waals surface area contributed by atoms with E-state index in [1.165, 1.54) is 5.56 Å². The predicted octanol–water partition coefficient (Wildman–Crippen LogP) is 3.91. The summed E-state index contributed by atoms with van der Waals surface area (Å²) in [5, 5.41) is 8.88. The fourth-order valence-electron chi connectivity index (χ4n) is 1.94. The van der Waals surface area contributed by atoms with Crippen molar-refractivity contribution >= 4 is 23.2 Å². The van der Waals surface area contributed by atoms with Crippen LogP contribution in [0, 0.1) is 0 Å². The van der Waals surface area contributed by atoms with Crippen molar-refractivity contribution in [2.75, 3.05) is 6.54 Å². The van der Waals surface area contributed by atoms with Gasteiger partial charge >= 0.3 is 0 Å². The van der Waals surface area contributed by atoms with Gasteiger partial charge in [0.15, 0.2) is 0 Å². The van der Waals surface area contributed by atoms with Crippen molar-refractivity contribution in [2.45, 2.75) is 26.4 Å².